The van der Waals surface area contributed by atoms with Gasteiger partial charge in [0.25, 0.3) is 0 Å². The van der Waals surface area contributed by atoms with Crippen LogP contribution in [0.15, 0.2) is 40.0 Å². The highest BCUT2D eigenvalue weighted by Gasteiger charge is 2.13. The molecule has 0 spiro atoms. The minimum absolute atomic E-state index is 0.418. The lowest BCUT2D eigenvalue weighted by molar-refractivity contribution is 0.397. The molecule has 14 heavy (non-hydrogen) atoms. The third kappa shape index (κ3) is 0.861. The van der Waals surface area contributed by atoms with Gasteiger partial charge in [-0.15, -0.1) is 0 Å². The molecule has 0 radical (unpaired) electrons. The molecule has 3 heterocycles. The zero-order valence-corrected chi connectivity index (χ0v) is 7.04. The molecule has 0 aliphatic carbocycles. The Morgan fingerprint density at radius 1 is 1.43 bits per heavy atom. The molecule has 1 aromatic rings. The van der Waals surface area contributed by atoms with Crippen molar-refractivity contribution in [2.45, 2.75) is 0 Å². The molecule has 5 nitrogen and oxygen atoms in total. The van der Waals surface area contributed by atoms with E-state index in [-0.39, 0.29) is 0 Å². The highest BCUT2D eigenvalue weighted by Crippen LogP contribution is 2.16. The number of pyridine rings is 1. The minimum atomic E-state index is -0.418. The Morgan fingerprint density at radius 2 is 2.36 bits per heavy atom. The van der Waals surface area contributed by atoms with Crippen molar-refractivity contribution >= 4 is 5.65 Å². The molecule has 3 rings (SSSR count). The third-order valence-corrected chi connectivity index (χ3v) is 2.06. The number of fused-ring (bicyclic) bond motifs is 2. The van der Waals surface area contributed by atoms with Gasteiger partial charge < -0.3 is 8.92 Å². The quantitative estimate of drug-likeness (QED) is 0.522. The number of hydrogen-bond donors (Lipinski definition) is 0. The Hall–Kier alpha value is -2.17. The van der Waals surface area contributed by atoms with Crippen molar-refractivity contribution in [2.24, 2.45) is 0 Å². The Bertz CT molecular complexity index is 625. The second kappa shape index (κ2) is 2.41. The van der Waals surface area contributed by atoms with E-state index in [0.717, 1.165) is 5.65 Å². The van der Waals surface area contributed by atoms with Crippen molar-refractivity contribution in [1.82, 2.24) is 14.5 Å². The van der Waals surface area contributed by atoms with Crippen LogP contribution < -0.4 is 5.63 Å². The largest absolute Gasteiger partial charge is 0.369 e. The first kappa shape index (κ1) is 7.25. The lowest BCUT2D eigenvalue weighted by atomic mass is 10.2. The fraction of sp³-hybridized carbons (Fsp3) is 0. The topological polar surface area (TPSA) is 60.4 Å². The van der Waals surface area contributed by atoms with Gasteiger partial charge in [0.2, 0.25) is 0 Å². The Labute approximate surface area is 77.9 Å². The van der Waals surface area contributed by atoms with Crippen molar-refractivity contribution in [3.05, 3.63) is 41.1 Å². The van der Waals surface area contributed by atoms with Crippen LogP contribution in [0.2, 0.25) is 0 Å². The Balaban J connectivity index is 2.56. The summed E-state index contributed by atoms with van der Waals surface area (Å²) in [7, 11) is 0. The fourth-order valence-corrected chi connectivity index (χ4v) is 1.39. The van der Waals surface area contributed by atoms with Crippen molar-refractivity contribution in [3.63, 3.8) is 0 Å². The van der Waals surface area contributed by atoms with Gasteiger partial charge in [0.1, 0.15) is 16.9 Å². The van der Waals surface area contributed by atoms with Gasteiger partial charge >= 0.3 is 5.63 Å². The molecule has 0 aromatic carbocycles. The average Bonchev–Trinajstić information content (AvgIpc) is 2.57. The van der Waals surface area contributed by atoms with Crippen LogP contribution in [0.4, 0.5) is 0 Å². The Morgan fingerprint density at radius 3 is 3.29 bits per heavy atom. The monoisotopic (exact) mass is 187 g/mol. The molecular formula is C9H5N3O2. The summed E-state index contributed by atoms with van der Waals surface area (Å²) in [6.07, 6.45) is 5.16. The van der Waals surface area contributed by atoms with Gasteiger partial charge in [0.05, 0.1) is 0 Å². The first-order valence-electron chi connectivity index (χ1n) is 4.07. The Kier molecular flexibility index (Phi) is 1.25. The summed E-state index contributed by atoms with van der Waals surface area (Å²) in [6, 6.07) is 3.50. The standard InChI is InChI=1S/C9H5N3O2/c13-9-6-5-12-3-1-2-10-8(12)4-7(6)11-14-9/h1-5H. The normalized spacial score (nSPS) is 11.1. The summed E-state index contributed by atoms with van der Waals surface area (Å²) in [4.78, 5) is 15.3. The van der Waals surface area contributed by atoms with Crippen molar-refractivity contribution < 1.29 is 4.52 Å². The van der Waals surface area contributed by atoms with E-state index in [1.54, 1.807) is 28.9 Å². The van der Waals surface area contributed by atoms with E-state index < -0.39 is 5.63 Å². The highest BCUT2D eigenvalue weighted by molar-refractivity contribution is 5.63. The second-order valence-electron chi connectivity index (χ2n) is 2.93. The molecule has 0 saturated carbocycles. The van der Waals surface area contributed by atoms with E-state index in [9.17, 15) is 4.79 Å². The van der Waals surface area contributed by atoms with E-state index in [1.165, 1.54) is 0 Å². The summed E-state index contributed by atoms with van der Waals surface area (Å²) in [5, 5.41) is 3.63. The van der Waals surface area contributed by atoms with Crippen LogP contribution in [-0.4, -0.2) is 14.5 Å². The van der Waals surface area contributed by atoms with Gasteiger partial charge in [0, 0.05) is 24.7 Å². The molecule has 0 amide bonds. The number of hydrogen-bond acceptors (Lipinski definition) is 4. The molecule has 1 aromatic heterocycles. The van der Waals surface area contributed by atoms with Crippen LogP contribution in [0.5, 0.6) is 0 Å². The number of rotatable bonds is 0. The molecule has 0 bridgehead atoms. The summed E-state index contributed by atoms with van der Waals surface area (Å²) in [5.74, 6) is 0. The molecule has 2 aliphatic heterocycles. The second-order valence-corrected chi connectivity index (χ2v) is 2.93. The summed E-state index contributed by atoms with van der Waals surface area (Å²) < 4.78 is 6.29. The van der Waals surface area contributed by atoms with Gasteiger partial charge in [-0.2, -0.15) is 0 Å². The van der Waals surface area contributed by atoms with Crippen LogP contribution in [0.25, 0.3) is 16.9 Å². The van der Waals surface area contributed by atoms with Gasteiger partial charge in [0.15, 0.2) is 0 Å². The summed E-state index contributed by atoms with van der Waals surface area (Å²) in [5.41, 5.74) is 1.32. The molecule has 0 saturated heterocycles. The van der Waals surface area contributed by atoms with Gasteiger partial charge in [-0.3, -0.25) is 0 Å². The SMILES string of the molecule is O=c1onc2cc3ncccn3cc1-2. The smallest absolute Gasteiger partial charge is 0.312 e. The lowest BCUT2D eigenvalue weighted by Crippen LogP contribution is -1.99. The first-order chi connectivity index (χ1) is 6.84. The average molecular weight is 187 g/mol. The van der Waals surface area contributed by atoms with E-state index in [2.05, 4.69) is 14.7 Å². The fourth-order valence-electron chi connectivity index (χ4n) is 1.39. The van der Waals surface area contributed by atoms with Crippen LogP contribution in [-0.2, 0) is 0 Å². The summed E-state index contributed by atoms with van der Waals surface area (Å²) in [6.45, 7) is 0. The van der Waals surface area contributed by atoms with Crippen LogP contribution >= 0.6 is 0 Å². The first-order valence-corrected chi connectivity index (χ1v) is 4.07. The maximum absolute atomic E-state index is 11.2. The van der Waals surface area contributed by atoms with Crippen molar-refractivity contribution in [3.8, 4) is 11.3 Å². The minimum Gasteiger partial charge on any atom is -0.312 e. The zero-order valence-electron chi connectivity index (χ0n) is 7.04. The van der Waals surface area contributed by atoms with E-state index >= 15 is 0 Å². The molecule has 0 atom stereocenters. The van der Waals surface area contributed by atoms with Crippen molar-refractivity contribution in [1.29, 1.82) is 0 Å². The number of nitrogens with zero attached hydrogens (tertiary/aromatic N) is 3. The molecule has 0 fully saturated rings. The number of aromatic nitrogens is 3. The highest BCUT2D eigenvalue weighted by atomic mass is 16.5. The zero-order chi connectivity index (χ0) is 9.54. The van der Waals surface area contributed by atoms with Crippen LogP contribution in [0, 0.1) is 0 Å². The van der Waals surface area contributed by atoms with Crippen molar-refractivity contribution in [2.75, 3.05) is 0 Å². The maximum Gasteiger partial charge on any atom is 0.369 e. The van der Waals surface area contributed by atoms with Gasteiger partial charge in [-0.05, 0) is 6.07 Å². The molecule has 2 aliphatic rings. The van der Waals surface area contributed by atoms with E-state index in [1.807, 2.05) is 6.20 Å². The molecule has 0 N–H and O–H groups in total. The van der Waals surface area contributed by atoms with Crippen LogP contribution in [0.1, 0.15) is 0 Å². The van der Waals surface area contributed by atoms with Gasteiger partial charge in [-0.25, -0.2) is 9.78 Å². The third-order valence-electron chi connectivity index (χ3n) is 2.06. The molecule has 68 valence electrons. The predicted molar refractivity (Wildman–Crippen MR) is 48.1 cm³/mol. The maximum atomic E-state index is 11.2. The van der Waals surface area contributed by atoms with E-state index in [0.29, 0.717) is 11.3 Å². The molecular weight excluding hydrogens is 182 g/mol. The molecule has 0 unspecified atom stereocenters. The lowest BCUT2D eigenvalue weighted by Gasteiger charge is -2.00. The predicted octanol–water partition coefficient (Wildman–Crippen LogP) is 0.787. The van der Waals surface area contributed by atoms with Crippen LogP contribution in [0.3, 0.4) is 0 Å². The summed E-state index contributed by atoms with van der Waals surface area (Å²) >= 11 is 0. The molecule has 5 heteroatoms. The van der Waals surface area contributed by atoms with E-state index in [4.69, 9.17) is 0 Å². The van der Waals surface area contributed by atoms with Gasteiger partial charge in [-0.1, -0.05) is 5.16 Å².